The molecule has 4 nitrogen and oxygen atoms in total. The van der Waals surface area contributed by atoms with E-state index in [4.69, 9.17) is 0 Å². The molecule has 3 heterocycles. The van der Waals surface area contributed by atoms with Crippen LogP contribution >= 0.6 is 15.9 Å². The Kier molecular flexibility index (Phi) is 2.88. The number of halogens is 1. The molecule has 2 aromatic heterocycles. The second-order valence-electron chi connectivity index (χ2n) is 4.61. The van der Waals surface area contributed by atoms with E-state index in [1.54, 1.807) is 0 Å². The van der Waals surface area contributed by atoms with Gasteiger partial charge >= 0.3 is 0 Å². The van der Waals surface area contributed by atoms with E-state index < -0.39 is 0 Å². The number of piperidine rings is 1. The van der Waals surface area contributed by atoms with Crippen LogP contribution in [0.5, 0.6) is 0 Å². The zero-order chi connectivity index (χ0) is 11.8. The Labute approximate surface area is 109 Å². The van der Waals surface area contributed by atoms with E-state index in [1.165, 1.54) is 12.8 Å². The molecule has 1 unspecified atom stereocenters. The van der Waals surface area contributed by atoms with Crippen LogP contribution in [0.2, 0.25) is 0 Å². The molecule has 1 aliphatic heterocycles. The van der Waals surface area contributed by atoms with Crippen LogP contribution in [0.15, 0.2) is 22.8 Å². The molecule has 2 aromatic rings. The van der Waals surface area contributed by atoms with Gasteiger partial charge in [0.15, 0.2) is 11.5 Å². The number of likely N-dealkylation sites (tertiary alicyclic amines) is 1. The summed E-state index contributed by atoms with van der Waals surface area (Å²) in [7, 11) is 2.16. The first-order valence-electron chi connectivity index (χ1n) is 5.96. The Morgan fingerprint density at radius 2 is 2.24 bits per heavy atom. The second kappa shape index (κ2) is 4.38. The van der Waals surface area contributed by atoms with Crippen LogP contribution in [0.25, 0.3) is 5.65 Å². The van der Waals surface area contributed by atoms with Gasteiger partial charge in [0.2, 0.25) is 0 Å². The summed E-state index contributed by atoms with van der Waals surface area (Å²) in [4.78, 5) is 6.97. The molecule has 90 valence electrons. The first kappa shape index (κ1) is 11.2. The van der Waals surface area contributed by atoms with Gasteiger partial charge in [-0.15, -0.1) is 5.10 Å². The number of hydrogen-bond acceptors (Lipinski definition) is 3. The number of nitrogens with zero attached hydrogens (tertiary/aromatic N) is 4. The molecule has 5 heteroatoms. The zero-order valence-electron chi connectivity index (χ0n) is 9.80. The van der Waals surface area contributed by atoms with Crippen LogP contribution in [0.3, 0.4) is 0 Å². The van der Waals surface area contributed by atoms with Crippen molar-refractivity contribution in [2.45, 2.75) is 25.3 Å². The normalized spacial score (nSPS) is 22.1. The van der Waals surface area contributed by atoms with Crippen molar-refractivity contribution in [2.75, 3.05) is 13.6 Å². The molecule has 0 spiro atoms. The van der Waals surface area contributed by atoms with E-state index in [9.17, 15) is 0 Å². The van der Waals surface area contributed by atoms with E-state index in [0.717, 1.165) is 28.9 Å². The lowest BCUT2D eigenvalue weighted by Crippen LogP contribution is -2.30. The summed E-state index contributed by atoms with van der Waals surface area (Å²) >= 11 is 3.45. The zero-order valence-corrected chi connectivity index (χ0v) is 11.4. The maximum atomic E-state index is 4.62. The average molecular weight is 295 g/mol. The Balaban J connectivity index is 1.99. The van der Waals surface area contributed by atoms with E-state index in [-0.39, 0.29) is 0 Å². The highest BCUT2D eigenvalue weighted by molar-refractivity contribution is 9.10. The minimum absolute atomic E-state index is 0.377. The number of aromatic nitrogens is 3. The Hall–Kier alpha value is -0.940. The summed E-state index contributed by atoms with van der Waals surface area (Å²) in [6.07, 6.45) is 5.67. The predicted molar refractivity (Wildman–Crippen MR) is 69.9 cm³/mol. The highest BCUT2D eigenvalue weighted by Gasteiger charge is 2.24. The van der Waals surface area contributed by atoms with Crippen molar-refractivity contribution in [3.05, 3.63) is 28.6 Å². The van der Waals surface area contributed by atoms with Gasteiger partial charge in [0.25, 0.3) is 0 Å². The van der Waals surface area contributed by atoms with Crippen molar-refractivity contribution in [1.82, 2.24) is 19.5 Å². The molecule has 0 aliphatic carbocycles. The lowest BCUT2D eigenvalue weighted by atomic mass is 10.0. The number of fused-ring (bicyclic) bond motifs is 1. The van der Waals surface area contributed by atoms with Gasteiger partial charge in [0.1, 0.15) is 0 Å². The summed E-state index contributed by atoms with van der Waals surface area (Å²) in [6.45, 7) is 1.14. The lowest BCUT2D eigenvalue weighted by Gasteiger charge is -2.30. The molecule has 1 atom stereocenters. The summed E-state index contributed by atoms with van der Waals surface area (Å²) in [6, 6.07) is 4.37. The molecule has 0 N–H and O–H groups in total. The van der Waals surface area contributed by atoms with E-state index in [1.807, 2.05) is 22.8 Å². The van der Waals surface area contributed by atoms with Crippen molar-refractivity contribution >= 4 is 21.6 Å². The summed E-state index contributed by atoms with van der Waals surface area (Å²) in [5, 5.41) is 4.58. The van der Waals surface area contributed by atoms with Gasteiger partial charge in [-0.05, 0) is 54.5 Å². The molecule has 0 radical (unpaired) electrons. The summed E-state index contributed by atoms with van der Waals surface area (Å²) in [5.41, 5.74) is 0.919. The number of pyridine rings is 1. The van der Waals surface area contributed by atoms with E-state index in [0.29, 0.717) is 6.04 Å². The quantitative estimate of drug-likeness (QED) is 0.811. The largest absolute Gasteiger partial charge is 0.296 e. The van der Waals surface area contributed by atoms with Crippen LogP contribution in [0.1, 0.15) is 31.1 Å². The van der Waals surface area contributed by atoms with Crippen LogP contribution in [-0.4, -0.2) is 33.1 Å². The summed E-state index contributed by atoms with van der Waals surface area (Å²) < 4.78 is 2.88. The number of rotatable bonds is 1. The molecule has 0 amide bonds. The van der Waals surface area contributed by atoms with Crippen LogP contribution in [0.4, 0.5) is 0 Å². The van der Waals surface area contributed by atoms with Crippen molar-refractivity contribution in [3.63, 3.8) is 0 Å². The highest BCUT2D eigenvalue weighted by atomic mass is 79.9. The third kappa shape index (κ3) is 2.09. The first-order chi connectivity index (χ1) is 8.24. The van der Waals surface area contributed by atoms with Gasteiger partial charge in [-0.25, -0.2) is 9.50 Å². The van der Waals surface area contributed by atoms with Gasteiger partial charge in [0.05, 0.1) is 6.04 Å². The Morgan fingerprint density at radius 3 is 3.06 bits per heavy atom. The van der Waals surface area contributed by atoms with Gasteiger partial charge in [0, 0.05) is 10.7 Å². The van der Waals surface area contributed by atoms with Crippen molar-refractivity contribution in [3.8, 4) is 0 Å². The third-order valence-corrected chi connectivity index (χ3v) is 3.85. The van der Waals surface area contributed by atoms with Crippen molar-refractivity contribution in [2.24, 2.45) is 0 Å². The average Bonchev–Trinajstić information content (AvgIpc) is 2.72. The van der Waals surface area contributed by atoms with E-state index in [2.05, 4.69) is 38.0 Å². The molecule has 1 fully saturated rings. The SMILES string of the molecule is CN1CCCCC1c1nc2ccc(Br)cn2n1. The van der Waals surface area contributed by atoms with Gasteiger partial charge in [-0.2, -0.15) is 0 Å². The van der Waals surface area contributed by atoms with Crippen LogP contribution in [-0.2, 0) is 0 Å². The standard InChI is InChI=1S/C12H15BrN4/c1-16-7-3-2-4-10(16)12-14-11-6-5-9(13)8-17(11)15-12/h5-6,8,10H,2-4,7H2,1H3. The van der Waals surface area contributed by atoms with Crippen LogP contribution in [0, 0.1) is 0 Å². The van der Waals surface area contributed by atoms with Crippen molar-refractivity contribution in [1.29, 1.82) is 0 Å². The fourth-order valence-corrected chi connectivity index (χ4v) is 2.74. The predicted octanol–water partition coefficient (Wildman–Crippen LogP) is 2.65. The fraction of sp³-hybridized carbons (Fsp3) is 0.500. The molecule has 0 bridgehead atoms. The van der Waals surface area contributed by atoms with Crippen molar-refractivity contribution < 1.29 is 0 Å². The smallest absolute Gasteiger partial charge is 0.168 e. The Morgan fingerprint density at radius 1 is 1.35 bits per heavy atom. The number of hydrogen-bond donors (Lipinski definition) is 0. The lowest BCUT2D eigenvalue weighted by molar-refractivity contribution is 0.179. The second-order valence-corrected chi connectivity index (χ2v) is 5.53. The monoisotopic (exact) mass is 294 g/mol. The molecule has 17 heavy (non-hydrogen) atoms. The molecular weight excluding hydrogens is 280 g/mol. The van der Waals surface area contributed by atoms with Crippen LogP contribution < -0.4 is 0 Å². The maximum absolute atomic E-state index is 4.62. The first-order valence-corrected chi connectivity index (χ1v) is 6.75. The minimum atomic E-state index is 0.377. The molecule has 1 saturated heterocycles. The minimum Gasteiger partial charge on any atom is -0.296 e. The van der Waals surface area contributed by atoms with Gasteiger partial charge < -0.3 is 0 Å². The molecule has 1 aliphatic rings. The molecular formula is C12H15BrN4. The fourth-order valence-electron chi connectivity index (χ4n) is 2.42. The molecule has 0 aromatic carbocycles. The molecule has 0 saturated carbocycles. The van der Waals surface area contributed by atoms with Gasteiger partial charge in [-0.1, -0.05) is 6.42 Å². The molecule has 3 rings (SSSR count). The topological polar surface area (TPSA) is 33.4 Å². The Bertz CT molecular complexity index is 536. The van der Waals surface area contributed by atoms with E-state index >= 15 is 0 Å². The third-order valence-electron chi connectivity index (χ3n) is 3.38. The summed E-state index contributed by atoms with van der Waals surface area (Å²) in [5.74, 6) is 0.949. The highest BCUT2D eigenvalue weighted by Crippen LogP contribution is 2.27. The maximum Gasteiger partial charge on any atom is 0.168 e. The van der Waals surface area contributed by atoms with Gasteiger partial charge in [-0.3, -0.25) is 4.90 Å².